The van der Waals surface area contributed by atoms with E-state index in [0.29, 0.717) is 32.4 Å². The molecule has 3 atom stereocenters. The van der Waals surface area contributed by atoms with Crippen molar-refractivity contribution in [2.24, 2.45) is 10.8 Å². The Bertz CT molecular complexity index is 398. The van der Waals surface area contributed by atoms with Crippen LogP contribution in [0, 0.1) is 5.92 Å². The van der Waals surface area contributed by atoms with E-state index in [0.717, 1.165) is 0 Å². The van der Waals surface area contributed by atoms with Crippen LogP contribution in [-0.2, 0) is 14.2 Å². The summed E-state index contributed by atoms with van der Waals surface area (Å²) in [6, 6.07) is -0.193. The number of ether oxygens (including phenoxy) is 1. The van der Waals surface area contributed by atoms with Crippen molar-refractivity contribution in [3.63, 3.8) is 0 Å². The maximum absolute atomic E-state index is 11.6. The van der Waals surface area contributed by atoms with E-state index in [-0.39, 0.29) is 29.8 Å². The Hall–Kier alpha value is -1.08. The van der Waals surface area contributed by atoms with Gasteiger partial charge < -0.3 is 0 Å². The molecule has 0 radical (unpaired) electrons. The molecule has 0 aromatic carbocycles. The molecule has 1 saturated carbocycles. The summed E-state index contributed by atoms with van der Waals surface area (Å²) in [6.45, 7) is 1.50. The van der Waals surface area contributed by atoms with Crippen molar-refractivity contribution >= 4 is 37.7 Å². The molecule has 1 rings (SSSR count). The molecular formula is C11H20B2ClN3O4. The number of guanidine groups is 1. The molecule has 0 saturated heterocycles. The van der Waals surface area contributed by atoms with Crippen molar-refractivity contribution in [3.05, 3.63) is 0 Å². The van der Waals surface area contributed by atoms with Gasteiger partial charge in [0, 0.05) is 0 Å². The number of nitrogens with one attached hydrogen (secondary N) is 2. The molecule has 0 amide bonds. The molecule has 21 heavy (non-hydrogen) atoms. The second kappa shape index (κ2) is 9.04. The van der Waals surface area contributed by atoms with E-state index in [2.05, 4.69) is 15.5 Å². The molecule has 116 valence electrons. The van der Waals surface area contributed by atoms with Crippen LogP contribution in [0.4, 0.5) is 0 Å². The van der Waals surface area contributed by atoms with Gasteiger partial charge in [0.2, 0.25) is 0 Å². The Labute approximate surface area is 130 Å². The monoisotopic (exact) mass is 315 g/mol. The number of methoxy groups -OCH3 is 1. The van der Waals surface area contributed by atoms with Gasteiger partial charge in [0.15, 0.2) is 0 Å². The molecule has 0 aliphatic heterocycles. The molecule has 1 fully saturated rings. The van der Waals surface area contributed by atoms with E-state index in [9.17, 15) is 14.5 Å². The van der Waals surface area contributed by atoms with Crippen LogP contribution in [0.25, 0.3) is 0 Å². The number of alkyl halides is 1. The topological polar surface area (TPSA) is 100 Å². The molecule has 0 aromatic rings. The van der Waals surface area contributed by atoms with Gasteiger partial charge in [0.25, 0.3) is 0 Å². The minimum atomic E-state index is -0.916. The number of hydrogen-bond acceptors (Lipinski definition) is 5. The number of carbonyl (C=O) groups is 1. The average Bonchev–Trinajstić information content (AvgIpc) is 2.45. The Morgan fingerprint density at radius 1 is 1.57 bits per heavy atom. The van der Waals surface area contributed by atoms with E-state index in [1.165, 1.54) is 13.9 Å². The van der Waals surface area contributed by atoms with Gasteiger partial charge in [-0.05, 0) is 0 Å². The van der Waals surface area contributed by atoms with Crippen molar-refractivity contribution in [2.45, 2.75) is 37.5 Å². The van der Waals surface area contributed by atoms with E-state index >= 15 is 0 Å². The summed E-state index contributed by atoms with van der Waals surface area (Å²) >= 11 is 6.28. The number of carbonyl (C=O) groups excluding carboxylic acids is 1. The molecule has 7 nitrogen and oxygen atoms in total. The average molecular weight is 315 g/mol. The maximum atomic E-state index is 11.6. The van der Waals surface area contributed by atoms with Crippen LogP contribution in [0.1, 0.15) is 19.3 Å². The van der Waals surface area contributed by atoms with Crippen LogP contribution < -0.4 is 10.6 Å². The second-order valence-corrected chi connectivity index (χ2v) is 5.52. The summed E-state index contributed by atoms with van der Waals surface area (Å²) in [5, 5.41) is 15.0. The van der Waals surface area contributed by atoms with Crippen LogP contribution in [0.3, 0.4) is 0 Å². The van der Waals surface area contributed by atoms with Gasteiger partial charge in [-0.25, -0.2) is 0 Å². The van der Waals surface area contributed by atoms with Gasteiger partial charge in [0.05, 0.1) is 0 Å². The summed E-state index contributed by atoms with van der Waals surface area (Å²) in [5.41, 5.74) is 0. The normalized spacial score (nSPS) is 25.7. The fourth-order valence-electron chi connectivity index (χ4n) is 2.30. The third kappa shape index (κ3) is 6.05. The second-order valence-electron chi connectivity index (χ2n) is 4.96. The van der Waals surface area contributed by atoms with Gasteiger partial charge in [0.1, 0.15) is 0 Å². The predicted octanol–water partition coefficient (Wildman–Crippen LogP) is -0.412. The summed E-state index contributed by atoms with van der Waals surface area (Å²) in [4.78, 5) is 15.6. The third-order valence-electron chi connectivity index (χ3n) is 3.29. The molecule has 3 unspecified atom stereocenters. The zero-order chi connectivity index (χ0) is 15.8. The minimum absolute atomic E-state index is 0.0681. The van der Waals surface area contributed by atoms with Crippen molar-refractivity contribution in [1.82, 2.24) is 10.6 Å². The molecule has 0 spiro atoms. The molecule has 3 N–H and O–H groups in total. The van der Waals surface area contributed by atoms with Crippen LogP contribution in [0.5, 0.6) is 0 Å². The molecule has 1 aliphatic rings. The summed E-state index contributed by atoms with van der Waals surface area (Å²) in [7, 11) is 1.14. The first kappa shape index (κ1) is 18.0. The Morgan fingerprint density at radius 2 is 2.29 bits per heavy atom. The number of rotatable bonds is 5. The van der Waals surface area contributed by atoms with E-state index in [4.69, 9.17) is 16.3 Å². The van der Waals surface area contributed by atoms with E-state index in [1.54, 1.807) is 0 Å². The van der Waals surface area contributed by atoms with Gasteiger partial charge in [-0.1, -0.05) is 0 Å². The summed E-state index contributed by atoms with van der Waals surface area (Å²) in [6.07, 6.45) is 1.94. The molecule has 0 heterocycles. The fraction of sp³-hybridized carbons (Fsp3) is 0.818. The van der Waals surface area contributed by atoms with Crippen molar-refractivity contribution in [3.8, 4) is 0 Å². The van der Waals surface area contributed by atoms with E-state index in [1.807, 2.05) is 0 Å². The van der Waals surface area contributed by atoms with Gasteiger partial charge in [-0.3, -0.25) is 0 Å². The van der Waals surface area contributed by atoms with Gasteiger partial charge in [-0.2, -0.15) is 0 Å². The summed E-state index contributed by atoms with van der Waals surface area (Å²) < 4.78 is 15.2. The molecular weight excluding hydrogens is 295 g/mol. The fourth-order valence-corrected chi connectivity index (χ4v) is 2.59. The predicted molar refractivity (Wildman–Crippen MR) is 81.6 cm³/mol. The van der Waals surface area contributed by atoms with Crippen molar-refractivity contribution in [1.29, 1.82) is 0 Å². The first-order valence-corrected chi connectivity index (χ1v) is 7.33. The zero-order valence-corrected chi connectivity index (χ0v) is 13.0. The molecule has 0 aromatic heterocycles. The van der Waals surface area contributed by atoms with Crippen LogP contribution in [0.15, 0.2) is 4.90 Å². The third-order valence-corrected chi connectivity index (χ3v) is 3.81. The number of esters is 1. The summed E-state index contributed by atoms with van der Waals surface area (Å²) in [5.74, 6) is -0.167. The number of nitrogens with zero attached hydrogens (tertiary/aromatic N) is 1. The van der Waals surface area contributed by atoms with Crippen molar-refractivity contribution < 1.29 is 19.3 Å². The van der Waals surface area contributed by atoms with Crippen LogP contribution >= 0.6 is 11.6 Å². The van der Waals surface area contributed by atoms with E-state index < -0.39 is 7.05 Å². The number of halogens is 1. The van der Waals surface area contributed by atoms with Gasteiger partial charge in [-0.15, -0.1) is 0 Å². The molecule has 10 heteroatoms. The Morgan fingerprint density at radius 3 is 2.86 bits per heavy atom. The SMILES string of the molecule is COC(=O)C1CCC(Cl)C(N/C(=N/B(C)O)NCB=O)C1. The first-order chi connectivity index (χ1) is 9.97. The number of hydrogen-bond donors (Lipinski definition) is 3. The molecule has 1 aliphatic carbocycles. The zero-order valence-electron chi connectivity index (χ0n) is 12.2. The molecule has 0 bridgehead atoms. The Kier molecular flexibility index (Phi) is 7.74. The van der Waals surface area contributed by atoms with Gasteiger partial charge >= 0.3 is 130 Å². The van der Waals surface area contributed by atoms with Crippen LogP contribution in [0.2, 0.25) is 6.82 Å². The standard InChI is InChI=1S/C11H20B2ClN3O4/c1-13(20)17-11(15-6-12-19)16-9-5-7(10(18)21-2)3-4-8(9)14/h7-9,20H,3-6H2,1-2H3,(H2,15,16,17). The quantitative estimate of drug-likeness (QED) is 0.210. The Balaban J connectivity index is 2.70. The first-order valence-electron chi connectivity index (χ1n) is 6.89. The van der Waals surface area contributed by atoms with Crippen molar-refractivity contribution in [2.75, 3.05) is 13.6 Å². The van der Waals surface area contributed by atoms with Crippen LogP contribution in [-0.4, -0.2) is 56.1 Å².